The molecule has 1 unspecified atom stereocenters. The maximum atomic E-state index is 12.6. The first-order valence-electron chi connectivity index (χ1n) is 21.7. The fourth-order valence-electron chi connectivity index (χ4n) is 5.28. The number of phosphoric ester groups is 1. The Kier molecular flexibility index (Phi) is 38.5. The van der Waals surface area contributed by atoms with Gasteiger partial charge in [0.1, 0.15) is 12.7 Å². The van der Waals surface area contributed by atoms with E-state index in [4.69, 9.17) is 19.1 Å². The summed E-state index contributed by atoms with van der Waals surface area (Å²) in [5.41, 5.74) is 0. The second kappa shape index (κ2) is 40.5. The smallest absolute Gasteiger partial charge is 0.462 e. The lowest BCUT2D eigenvalue weighted by Gasteiger charge is -2.20. The normalized spacial score (nSPS) is 15.7. The van der Waals surface area contributed by atoms with Crippen molar-refractivity contribution in [2.24, 2.45) is 0 Å². The molecule has 0 heterocycles. The highest BCUT2D eigenvalue weighted by Gasteiger charge is 2.27. The maximum absolute atomic E-state index is 12.6. The van der Waals surface area contributed by atoms with Gasteiger partial charge in [-0.25, -0.2) is 4.57 Å². The molecule has 0 spiro atoms. The molecule has 0 aromatic heterocycles. The van der Waals surface area contributed by atoms with Gasteiger partial charge in [0.05, 0.1) is 32.0 Å². The van der Waals surface area contributed by atoms with Crippen molar-refractivity contribution < 1.29 is 58.0 Å². The molecule has 0 bridgehead atoms. The molecule has 12 nitrogen and oxygen atoms in total. The molecule has 0 aromatic rings. The molecule has 59 heavy (non-hydrogen) atoms. The van der Waals surface area contributed by atoms with Crippen molar-refractivity contribution in [2.45, 2.75) is 167 Å². The molecule has 0 radical (unpaired) electrons. The van der Waals surface area contributed by atoms with Crippen molar-refractivity contribution in [1.82, 2.24) is 0 Å². The summed E-state index contributed by atoms with van der Waals surface area (Å²) in [7, 11) is -4.68. The van der Waals surface area contributed by atoms with E-state index < -0.39 is 70.6 Å². The number of aliphatic hydroxyl groups is 4. The van der Waals surface area contributed by atoms with E-state index in [1.54, 1.807) is 0 Å². The highest BCUT2D eigenvalue weighted by atomic mass is 31.2. The molecule has 0 fully saturated rings. The zero-order valence-electron chi connectivity index (χ0n) is 35.9. The van der Waals surface area contributed by atoms with E-state index in [-0.39, 0.29) is 12.8 Å². The Labute approximate surface area is 355 Å². The summed E-state index contributed by atoms with van der Waals surface area (Å²) < 4.78 is 32.5. The minimum absolute atomic E-state index is 0.0226. The van der Waals surface area contributed by atoms with Gasteiger partial charge in [-0.1, -0.05) is 137 Å². The molecule has 338 valence electrons. The lowest BCUT2D eigenvalue weighted by atomic mass is 10.0. The number of allylic oxidation sites excluding steroid dienone is 13. The number of esters is 2. The zero-order valence-corrected chi connectivity index (χ0v) is 36.8. The minimum atomic E-state index is -4.68. The van der Waals surface area contributed by atoms with Gasteiger partial charge in [0, 0.05) is 12.8 Å². The molecule has 0 aliphatic rings. The molecule has 5 N–H and O–H groups in total. The van der Waals surface area contributed by atoms with Crippen LogP contribution < -0.4 is 0 Å². The van der Waals surface area contributed by atoms with E-state index in [2.05, 4.69) is 79.1 Å². The van der Waals surface area contributed by atoms with Crippen molar-refractivity contribution in [1.29, 1.82) is 0 Å². The van der Waals surface area contributed by atoms with Crippen LogP contribution >= 0.6 is 7.82 Å². The van der Waals surface area contributed by atoms with Gasteiger partial charge in [0.2, 0.25) is 0 Å². The average molecular weight is 853 g/mol. The molecular formula is C46H77O12P. The fraction of sp³-hybridized carbons (Fsp3) is 0.652. The lowest BCUT2D eigenvalue weighted by molar-refractivity contribution is -0.161. The van der Waals surface area contributed by atoms with Crippen LogP contribution in [0.5, 0.6) is 0 Å². The maximum Gasteiger partial charge on any atom is 0.472 e. The first-order chi connectivity index (χ1) is 28.5. The number of aliphatic hydroxyl groups excluding tert-OH is 4. The Morgan fingerprint density at radius 2 is 1.12 bits per heavy atom. The Bertz CT molecular complexity index is 1290. The van der Waals surface area contributed by atoms with Crippen molar-refractivity contribution in [3.05, 3.63) is 85.1 Å². The largest absolute Gasteiger partial charge is 0.472 e. The third-order valence-corrected chi connectivity index (χ3v) is 9.70. The van der Waals surface area contributed by atoms with Gasteiger partial charge in [-0.15, -0.1) is 0 Å². The van der Waals surface area contributed by atoms with E-state index in [0.29, 0.717) is 32.1 Å². The number of carbonyl (C=O) groups excluding carboxylic acids is 2. The van der Waals surface area contributed by atoms with Gasteiger partial charge in [0.25, 0.3) is 0 Å². The van der Waals surface area contributed by atoms with Crippen LogP contribution in [-0.2, 0) is 32.7 Å². The summed E-state index contributed by atoms with van der Waals surface area (Å²) in [6, 6.07) is 0. The third-order valence-electron chi connectivity index (χ3n) is 8.75. The van der Waals surface area contributed by atoms with Gasteiger partial charge >= 0.3 is 19.8 Å². The summed E-state index contributed by atoms with van der Waals surface area (Å²) in [5, 5.41) is 38.7. The Morgan fingerprint density at radius 3 is 1.71 bits per heavy atom. The van der Waals surface area contributed by atoms with E-state index in [0.717, 1.165) is 70.6 Å². The summed E-state index contributed by atoms with van der Waals surface area (Å²) in [4.78, 5) is 35.0. The fourth-order valence-corrected chi connectivity index (χ4v) is 6.07. The molecule has 0 aromatic carbocycles. The Morgan fingerprint density at radius 1 is 0.576 bits per heavy atom. The van der Waals surface area contributed by atoms with Crippen LogP contribution in [-0.4, -0.2) is 88.1 Å². The number of unbranched alkanes of at least 4 members (excludes halogenated alkanes) is 7. The Hall–Kier alpha value is -2.93. The molecule has 0 saturated heterocycles. The van der Waals surface area contributed by atoms with Crippen molar-refractivity contribution >= 4 is 19.8 Å². The summed E-state index contributed by atoms with van der Waals surface area (Å²) >= 11 is 0. The Balaban J connectivity index is 4.56. The van der Waals surface area contributed by atoms with E-state index >= 15 is 0 Å². The van der Waals surface area contributed by atoms with Crippen LogP contribution in [0.1, 0.15) is 142 Å². The highest BCUT2D eigenvalue weighted by molar-refractivity contribution is 7.47. The number of ether oxygens (including phenoxy) is 2. The second-order valence-electron chi connectivity index (χ2n) is 14.3. The number of hydrogen-bond acceptors (Lipinski definition) is 11. The highest BCUT2D eigenvalue weighted by Crippen LogP contribution is 2.43. The molecule has 5 atom stereocenters. The topological polar surface area (TPSA) is 189 Å². The number of carbonyl (C=O) groups is 2. The number of rotatable bonds is 39. The molecule has 0 aliphatic heterocycles. The quantitative estimate of drug-likeness (QED) is 0.0171. The van der Waals surface area contributed by atoms with Gasteiger partial charge < -0.3 is 34.8 Å². The predicted octanol–water partition coefficient (Wildman–Crippen LogP) is 9.39. The minimum Gasteiger partial charge on any atom is -0.462 e. The van der Waals surface area contributed by atoms with Crippen LogP contribution in [0.4, 0.5) is 0 Å². The molecule has 0 aliphatic carbocycles. The standard InChI is InChI=1S/C46H77O12P/c1-3-5-7-9-11-12-13-14-15-16-17-18-19-20-21-22-23-27-32-36-46(52)58-42(40-57-59(53,54)56-38-41(48)37-47)39-55-45(51)35-31-28-24-26-30-34-44(50)43(49)33-29-25-10-8-6-4-2/h5,7,11-12,14-15,17-18,20-21,23,25,27,29,41-44,47-50H,3-4,6,8-10,13,16,19,22,24,26,28,30-40H2,1-2H3,(H,53,54)/b7-5-,12-11-,15-14-,18-17-,21-20-,27-23-,29-25-/t41-,42+,43+,44+/m0/s1. The molecular weight excluding hydrogens is 775 g/mol. The summed E-state index contributed by atoms with van der Waals surface area (Å²) in [6.45, 7) is 1.92. The van der Waals surface area contributed by atoms with Gasteiger partial charge in [-0.2, -0.15) is 0 Å². The monoisotopic (exact) mass is 853 g/mol. The van der Waals surface area contributed by atoms with Crippen LogP contribution in [0, 0.1) is 0 Å². The third kappa shape index (κ3) is 39.0. The van der Waals surface area contributed by atoms with Gasteiger partial charge in [-0.05, 0) is 77.0 Å². The van der Waals surface area contributed by atoms with Crippen molar-refractivity contribution in [3.8, 4) is 0 Å². The predicted molar refractivity (Wildman–Crippen MR) is 235 cm³/mol. The van der Waals surface area contributed by atoms with Crippen molar-refractivity contribution in [2.75, 3.05) is 26.4 Å². The van der Waals surface area contributed by atoms with Crippen LogP contribution in [0.3, 0.4) is 0 Å². The van der Waals surface area contributed by atoms with Gasteiger partial charge in [-0.3, -0.25) is 18.6 Å². The number of phosphoric acid groups is 1. The first kappa shape index (κ1) is 56.1. The van der Waals surface area contributed by atoms with Crippen LogP contribution in [0.15, 0.2) is 85.1 Å². The molecule has 0 amide bonds. The van der Waals surface area contributed by atoms with E-state index in [1.165, 1.54) is 12.8 Å². The SMILES string of the molecule is CC/C=C\C/C=C\C/C=C\C/C=C\C/C=C\C/C=C\CCC(=O)O[C@H](COC(=O)CCCCCCC[C@@H](O)[C@H](O)C/C=C\CCCCC)COP(=O)(O)OC[C@@H](O)CO. The van der Waals surface area contributed by atoms with E-state index in [9.17, 15) is 34.4 Å². The summed E-state index contributed by atoms with van der Waals surface area (Å²) in [6.07, 6.45) is 40.1. The average Bonchev–Trinajstić information content (AvgIpc) is 3.22. The van der Waals surface area contributed by atoms with Crippen LogP contribution in [0.25, 0.3) is 0 Å². The molecule has 13 heteroatoms. The second-order valence-corrected chi connectivity index (χ2v) is 15.7. The zero-order chi connectivity index (χ0) is 43.7. The first-order valence-corrected chi connectivity index (χ1v) is 23.2. The van der Waals surface area contributed by atoms with Crippen molar-refractivity contribution in [3.63, 3.8) is 0 Å². The van der Waals surface area contributed by atoms with Crippen LogP contribution in [0.2, 0.25) is 0 Å². The van der Waals surface area contributed by atoms with E-state index in [1.807, 2.05) is 24.3 Å². The van der Waals surface area contributed by atoms with Gasteiger partial charge in [0.15, 0.2) is 6.10 Å². The lowest BCUT2D eigenvalue weighted by Crippen LogP contribution is -2.29. The number of hydrogen-bond donors (Lipinski definition) is 5. The molecule has 0 saturated carbocycles. The molecule has 0 rings (SSSR count). The summed E-state index contributed by atoms with van der Waals surface area (Å²) in [5.74, 6) is -1.14.